The van der Waals surface area contributed by atoms with Gasteiger partial charge in [0, 0.05) is 24.8 Å². The third-order valence-electron chi connectivity index (χ3n) is 3.21. The minimum absolute atomic E-state index is 0.325. The number of benzene rings is 1. The number of hydrogen-bond acceptors (Lipinski definition) is 1. The van der Waals surface area contributed by atoms with Crippen LogP contribution in [0.2, 0.25) is 0 Å². The maximum Gasteiger partial charge on any atom is 0.132 e. The molecule has 0 unspecified atom stereocenters. The Morgan fingerprint density at radius 1 is 1.26 bits per heavy atom. The fraction of sp³-hybridized carbons (Fsp3) is 0.500. The van der Waals surface area contributed by atoms with E-state index in [1.165, 1.54) is 17.5 Å². The Labute approximate surface area is 117 Å². The van der Waals surface area contributed by atoms with Gasteiger partial charge in [-0.1, -0.05) is 49.8 Å². The number of hydrogen-bond donors (Lipinski definition) is 0. The fourth-order valence-corrected chi connectivity index (χ4v) is 1.93. The van der Waals surface area contributed by atoms with E-state index < -0.39 is 0 Å². The SMILES string of the molecule is CCCCC#Cc1ccc(C)cc1CCC(=O)CC. The lowest BCUT2D eigenvalue weighted by Gasteiger charge is -2.05. The fourth-order valence-electron chi connectivity index (χ4n) is 1.93. The molecular formula is C18H24O. The molecule has 0 aliphatic heterocycles. The smallest absolute Gasteiger partial charge is 0.132 e. The lowest BCUT2D eigenvalue weighted by Crippen LogP contribution is -2.00. The summed E-state index contributed by atoms with van der Waals surface area (Å²) in [6.45, 7) is 6.18. The van der Waals surface area contributed by atoms with Gasteiger partial charge in [0.1, 0.15) is 5.78 Å². The molecule has 1 aromatic rings. The molecule has 1 aromatic carbocycles. The lowest BCUT2D eigenvalue weighted by molar-refractivity contribution is -0.118. The predicted octanol–water partition coefficient (Wildman–Crippen LogP) is 4.45. The normalized spacial score (nSPS) is 9.84. The molecule has 1 nitrogen and oxygen atoms in total. The zero-order valence-electron chi connectivity index (χ0n) is 12.4. The van der Waals surface area contributed by atoms with Crippen LogP contribution in [0, 0.1) is 18.8 Å². The highest BCUT2D eigenvalue weighted by molar-refractivity contribution is 5.78. The highest BCUT2D eigenvalue weighted by atomic mass is 16.1. The summed E-state index contributed by atoms with van der Waals surface area (Å²) >= 11 is 0. The molecule has 1 heteroatoms. The molecule has 0 heterocycles. The highest BCUT2D eigenvalue weighted by Gasteiger charge is 2.04. The summed E-state index contributed by atoms with van der Waals surface area (Å²) in [5.74, 6) is 6.81. The van der Waals surface area contributed by atoms with E-state index in [0.29, 0.717) is 18.6 Å². The molecule has 0 spiro atoms. The van der Waals surface area contributed by atoms with E-state index in [-0.39, 0.29) is 0 Å². The molecule has 0 aliphatic carbocycles. The third-order valence-corrected chi connectivity index (χ3v) is 3.21. The quantitative estimate of drug-likeness (QED) is 0.543. The van der Waals surface area contributed by atoms with E-state index in [1.54, 1.807) is 0 Å². The number of rotatable bonds is 6. The van der Waals surface area contributed by atoms with Crippen LogP contribution in [-0.4, -0.2) is 5.78 Å². The highest BCUT2D eigenvalue weighted by Crippen LogP contribution is 2.14. The molecule has 0 N–H and O–H groups in total. The summed E-state index contributed by atoms with van der Waals surface area (Å²) < 4.78 is 0. The van der Waals surface area contributed by atoms with Gasteiger partial charge in [-0.2, -0.15) is 0 Å². The molecule has 0 saturated carbocycles. The first-order valence-electron chi connectivity index (χ1n) is 7.27. The molecule has 0 aliphatic rings. The van der Waals surface area contributed by atoms with Crippen LogP contribution in [0.5, 0.6) is 0 Å². The predicted molar refractivity (Wildman–Crippen MR) is 81.2 cm³/mol. The molecule has 0 bridgehead atoms. The summed E-state index contributed by atoms with van der Waals surface area (Å²) in [4.78, 5) is 11.4. The Hall–Kier alpha value is -1.55. The van der Waals surface area contributed by atoms with E-state index in [0.717, 1.165) is 24.8 Å². The number of Topliss-reactive ketones (excluding diaryl/α,β-unsaturated/α-hetero) is 1. The number of carbonyl (C=O) groups excluding carboxylic acids is 1. The van der Waals surface area contributed by atoms with E-state index >= 15 is 0 Å². The van der Waals surface area contributed by atoms with E-state index in [2.05, 4.69) is 43.9 Å². The van der Waals surface area contributed by atoms with Crippen LogP contribution in [-0.2, 0) is 11.2 Å². The molecular weight excluding hydrogens is 232 g/mol. The van der Waals surface area contributed by atoms with Crippen molar-refractivity contribution < 1.29 is 4.79 Å². The lowest BCUT2D eigenvalue weighted by atomic mass is 9.99. The van der Waals surface area contributed by atoms with Crippen molar-refractivity contribution in [2.45, 2.75) is 59.3 Å². The Morgan fingerprint density at radius 3 is 2.74 bits per heavy atom. The Bertz CT molecular complexity index is 474. The van der Waals surface area contributed by atoms with Crippen molar-refractivity contribution in [2.24, 2.45) is 0 Å². The zero-order chi connectivity index (χ0) is 14.1. The van der Waals surface area contributed by atoms with Crippen LogP contribution >= 0.6 is 0 Å². The minimum atomic E-state index is 0.325. The zero-order valence-corrected chi connectivity index (χ0v) is 12.4. The van der Waals surface area contributed by atoms with Crippen LogP contribution in [0.4, 0.5) is 0 Å². The second-order valence-corrected chi connectivity index (χ2v) is 4.96. The molecule has 0 atom stereocenters. The molecule has 0 radical (unpaired) electrons. The van der Waals surface area contributed by atoms with E-state index in [1.807, 2.05) is 6.92 Å². The Morgan fingerprint density at radius 2 is 2.05 bits per heavy atom. The summed E-state index contributed by atoms with van der Waals surface area (Å²) in [6, 6.07) is 6.34. The Balaban J connectivity index is 2.78. The van der Waals surface area contributed by atoms with Gasteiger partial charge in [-0.15, -0.1) is 0 Å². The van der Waals surface area contributed by atoms with Gasteiger partial charge in [-0.05, 0) is 31.4 Å². The summed E-state index contributed by atoms with van der Waals surface area (Å²) in [5.41, 5.74) is 3.54. The first-order valence-corrected chi connectivity index (χ1v) is 7.27. The maximum absolute atomic E-state index is 11.4. The van der Waals surface area contributed by atoms with E-state index in [4.69, 9.17) is 0 Å². The monoisotopic (exact) mass is 256 g/mol. The van der Waals surface area contributed by atoms with Crippen LogP contribution < -0.4 is 0 Å². The molecule has 0 fully saturated rings. The maximum atomic E-state index is 11.4. The third kappa shape index (κ3) is 5.75. The van der Waals surface area contributed by atoms with Gasteiger partial charge in [0.25, 0.3) is 0 Å². The number of carbonyl (C=O) groups is 1. The summed E-state index contributed by atoms with van der Waals surface area (Å²) in [7, 11) is 0. The van der Waals surface area contributed by atoms with Crippen molar-refractivity contribution in [1.29, 1.82) is 0 Å². The number of unbranched alkanes of at least 4 members (excludes halogenated alkanes) is 2. The summed E-state index contributed by atoms with van der Waals surface area (Å²) in [5, 5.41) is 0. The van der Waals surface area contributed by atoms with Gasteiger partial charge in [0.2, 0.25) is 0 Å². The largest absolute Gasteiger partial charge is 0.300 e. The van der Waals surface area contributed by atoms with Gasteiger partial charge in [-0.3, -0.25) is 4.79 Å². The number of aryl methyl sites for hydroxylation is 2. The van der Waals surface area contributed by atoms with Crippen molar-refractivity contribution in [3.05, 3.63) is 34.9 Å². The Kier molecular flexibility index (Phi) is 6.97. The molecule has 1 rings (SSSR count). The molecule has 0 amide bonds. The van der Waals surface area contributed by atoms with Crippen LogP contribution in [0.15, 0.2) is 18.2 Å². The number of ketones is 1. The second kappa shape index (κ2) is 8.53. The first kappa shape index (κ1) is 15.5. The molecule has 0 saturated heterocycles. The van der Waals surface area contributed by atoms with Gasteiger partial charge in [0.05, 0.1) is 0 Å². The van der Waals surface area contributed by atoms with E-state index in [9.17, 15) is 4.79 Å². The molecule has 102 valence electrons. The van der Waals surface area contributed by atoms with Crippen molar-refractivity contribution >= 4 is 5.78 Å². The average molecular weight is 256 g/mol. The second-order valence-electron chi connectivity index (χ2n) is 4.96. The van der Waals surface area contributed by atoms with Gasteiger partial charge < -0.3 is 0 Å². The standard InChI is InChI=1S/C18H24O/c1-4-6-7-8-9-16-11-10-15(3)14-17(16)12-13-18(19)5-2/h10-11,14H,4-7,12-13H2,1-3H3. The minimum Gasteiger partial charge on any atom is -0.300 e. The summed E-state index contributed by atoms with van der Waals surface area (Å²) in [6.07, 6.45) is 5.36. The van der Waals surface area contributed by atoms with Crippen LogP contribution in [0.3, 0.4) is 0 Å². The molecule has 19 heavy (non-hydrogen) atoms. The van der Waals surface area contributed by atoms with Crippen molar-refractivity contribution in [3.8, 4) is 11.8 Å². The topological polar surface area (TPSA) is 17.1 Å². The van der Waals surface area contributed by atoms with Gasteiger partial charge >= 0.3 is 0 Å². The van der Waals surface area contributed by atoms with Crippen molar-refractivity contribution in [1.82, 2.24) is 0 Å². The van der Waals surface area contributed by atoms with Gasteiger partial charge in [-0.25, -0.2) is 0 Å². The average Bonchev–Trinajstić information content (AvgIpc) is 2.42. The molecule has 0 aromatic heterocycles. The van der Waals surface area contributed by atoms with Crippen LogP contribution in [0.1, 0.15) is 62.6 Å². The van der Waals surface area contributed by atoms with Gasteiger partial charge in [0.15, 0.2) is 0 Å². The first-order chi connectivity index (χ1) is 9.17. The van der Waals surface area contributed by atoms with Crippen LogP contribution in [0.25, 0.3) is 0 Å². The van der Waals surface area contributed by atoms with Crippen molar-refractivity contribution in [2.75, 3.05) is 0 Å². The van der Waals surface area contributed by atoms with Crippen molar-refractivity contribution in [3.63, 3.8) is 0 Å².